The molecule has 0 radical (unpaired) electrons. The lowest BCUT2D eigenvalue weighted by Crippen LogP contribution is -2.11. The highest BCUT2D eigenvalue weighted by molar-refractivity contribution is 5.85. The van der Waals surface area contributed by atoms with Crippen LogP contribution in [0.4, 0.5) is 4.39 Å². The summed E-state index contributed by atoms with van der Waals surface area (Å²) in [7, 11) is 0. The predicted molar refractivity (Wildman–Crippen MR) is 111 cm³/mol. The quantitative estimate of drug-likeness (QED) is 0.317. The fraction of sp³-hybridized carbons (Fsp3) is 0.417. The Labute approximate surface area is 175 Å². The third-order valence-electron chi connectivity index (χ3n) is 5.82. The minimum Gasteiger partial charge on any atom is -0.461 e. The first-order valence-electron chi connectivity index (χ1n) is 10.3. The van der Waals surface area contributed by atoms with Crippen LogP contribution in [-0.2, 0) is 21.0 Å². The van der Waals surface area contributed by atoms with Crippen LogP contribution in [0.2, 0.25) is 0 Å². The van der Waals surface area contributed by atoms with E-state index in [9.17, 15) is 9.18 Å². The molecule has 2 aromatic carbocycles. The Balaban J connectivity index is 1.31. The Kier molecular flexibility index (Phi) is 5.75. The summed E-state index contributed by atoms with van der Waals surface area (Å²) in [6.45, 7) is 4.73. The molecule has 158 valence electrons. The van der Waals surface area contributed by atoms with Gasteiger partial charge in [0.05, 0.1) is 5.92 Å². The fourth-order valence-electron chi connectivity index (χ4n) is 3.52. The summed E-state index contributed by atoms with van der Waals surface area (Å²) in [5, 5.41) is 4.03. The van der Waals surface area contributed by atoms with E-state index < -0.39 is 5.82 Å². The first kappa shape index (κ1) is 20.4. The van der Waals surface area contributed by atoms with E-state index in [-0.39, 0.29) is 35.6 Å². The zero-order chi connectivity index (χ0) is 21.1. The lowest BCUT2D eigenvalue weighted by Gasteiger charge is -2.10. The van der Waals surface area contributed by atoms with Crippen molar-refractivity contribution in [3.8, 4) is 11.5 Å². The van der Waals surface area contributed by atoms with E-state index in [0.29, 0.717) is 23.8 Å². The van der Waals surface area contributed by atoms with Gasteiger partial charge in [0, 0.05) is 12.1 Å². The summed E-state index contributed by atoms with van der Waals surface area (Å²) < 4.78 is 25.2. The number of benzene rings is 2. The van der Waals surface area contributed by atoms with Crippen LogP contribution in [-0.4, -0.2) is 18.8 Å². The summed E-state index contributed by atoms with van der Waals surface area (Å²) in [6, 6.07) is 13.4. The number of para-hydroxylation sites is 1. The van der Waals surface area contributed by atoms with Crippen LogP contribution in [0.25, 0.3) is 0 Å². The Morgan fingerprint density at radius 1 is 1.20 bits per heavy atom. The number of nitrogens with zero attached hydrogens (tertiary/aromatic N) is 1. The molecule has 2 saturated carbocycles. The summed E-state index contributed by atoms with van der Waals surface area (Å²) in [6.07, 6.45) is 4.14. The van der Waals surface area contributed by atoms with Gasteiger partial charge in [0.15, 0.2) is 11.6 Å². The minimum atomic E-state index is -0.472. The van der Waals surface area contributed by atoms with Crippen LogP contribution in [0.5, 0.6) is 11.5 Å². The van der Waals surface area contributed by atoms with E-state index >= 15 is 0 Å². The number of ether oxygens (including phenoxy) is 2. The number of hydrogen-bond donors (Lipinski definition) is 0. The van der Waals surface area contributed by atoms with Crippen molar-refractivity contribution in [3.05, 3.63) is 59.9 Å². The van der Waals surface area contributed by atoms with E-state index in [1.54, 1.807) is 30.5 Å². The summed E-state index contributed by atoms with van der Waals surface area (Å²) >= 11 is 0. The molecular weight excluding hydrogens is 385 g/mol. The van der Waals surface area contributed by atoms with Gasteiger partial charge < -0.3 is 14.3 Å². The van der Waals surface area contributed by atoms with Crippen LogP contribution in [0.1, 0.15) is 32.3 Å². The molecule has 5 nitrogen and oxygen atoms in total. The highest BCUT2D eigenvalue weighted by Gasteiger charge is 2.62. The third-order valence-corrected chi connectivity index (χ3v) is 5.82. The zero-order valence-corrected chi connectivity index (χ0v) is 17.2. The van der Waals surface area contributed by atoms with E-state index in [4.69, 9.17) is 14.3 Å². The van der Waals surface area contributed by atoms with E-state index in [1.807, 2.05) is 32.0 Å². The lowest BCUT2D eigenvalue weighted by atomic mass is 10.1. The highest BCUT2D eigenvalue weighted by atomic mass is 19.1. The highest BCUT2D eigenvalue weighted by Crippen LogP contribution is 2.57. The molecule has 0 amide bonds. The maximum Gasteiger partial charge on any atom is 0.310 e. The molecule has 2 unspecified atom stereocenters. The van der Waals surface area contributed by atoms with Crippen LogP contribution >= 0.6 is 0 Å². The number of carbonyl (C=O) groups excluding carboxylic acids is 1. The van der Waals surface area contributed by atoms with E-state index in [2.05, 4.69) is 5.16 Å². The standard InChI is InChI=1S/C24H26FNO4/c1-24(2)19(13-26-29-15-16-8-9-16)22(24)23(27)28-14-17-10-11-20(25)21(12-17)30-18-6-4-3-5-7-18/h3-7,10-13,16,19,22H,8-9,14-15H2,1-2H3/b26-13+. The van der Waals surface area contributed by atoms with Gasteiger partial charge in [0.1, 0.15) is 19.0 Å². The Morgan fingerprint density at radius 2 is 1.97 bits per heavy atom. The van der Waals surface area contributed by atoms with Crippen molar-refractivity contribution in [3.63, 3.8) is 0 Å². The van der Waals surface area contributed by atoms with E-state index in [1.165, 1.54) is 18.9 Å². The normalized spacial score (nSPS) is 22.0. The van der Waals surface area contributed by atoms with Gasteiger partial charge in [-0.3, -0.25) is 4.79 Å². The summed E-state index contributed by atoms with van der Waals surface area (Å²) in [5.74, 6) is 0.256. The first-order valence-corrected chi connectivity index (χ1v) is 10.3. The van der Waals surface area contributed by atoms with Crippen molar-refractivity contribution >= 4 is 12.2 Å². The average Bonchev–Trinajstić information content (AvgIpc) is 3.63. The van der Waals surface area contributed by atoms with Crippen molar-refractivity contribution in [2.75, 3.05) is 6.61 Å². The van der Waals surface area contributed by atoms with Gasteiger partial charge in [-0.1, -0.05) is 43.3 Å². The Hall–Kier alpha value is -2.89. The van der Waals surface area contributed by atoms with Crippen LogP contribution < -0.4 is 4.74 Å². The SMILES string of the molecule is CC1(C)C(/C=N/OCC2CC2)C1C(=O)OCc1ccc(F)c(Oc2ccccc2)c1. The Bertz CT molecular complexity index is 924. The molecule has 0 spiro atoms. The van der Waals surface area contributed by atoms with Crippen molar-refractivity contribution in [2.24, 2.45) is 28.3 Å². The molecule has 0 heterocycles. The second-order valence-corrected chi connectivity index (χ2v) is 8.61. The van der Waals surface area contributed by atoms with Crippen LogP contribution in [0.15, 0.2) is 53.7 Å². The largest absolute Gasteiger partial charge is 0.461 e. The smallest absolute Gasteiger partial charge is 0.310 e. The molecule has 2 aromatic rings. The summed E-state index contributed by atoms with van der Waals surface area (Å²) in [4.78, 5) is 17.9. The third kappa shape index (κ3) is 4.81. The molecule has 0 bridgehead atoms. The molecule has 4 rings (SSSR count). The van der Waals surface area contributed by atoms with Crippen molar-refractivity contribution < 1.29 is 23.5 Å². The molecule has 6 heteroatoms. The van der Waals surface area contributed by atoms with Gasteiger partial charge in [0.2, 0.25) is 0 Å². The average molecular weight is 411 g/mol. The van der Waals surface area contributed by atoms with E-state index in [0.717, 1.165) is 0 Å². The topological polar surface area (TPSA) is 57.1 Å². The number of oxime groups is 1. The molecule has 0 aromatic heterocycles. The zero-order valence-electron chi connectivity index (χ0n) is 17.2. The van der Waals surface area contributed by atoms with Crippen molar-refractivity contribution in [1.82, 2.24) is 0 Å². The molecule has 2 fully saturated rings. The van der Waals surface area contributed by atoms with Gasteiger partial charge >= 0.3 is 5.97 Å². The maximum atomic E-state index is 14.1. The number of esters is 1. The predicted octanol–water partition coefficient (Wildman–Crippen LogP) is 5.35. The molecule has 2 aliphatic carbocycles. The van der Waals surface area contributed by atoms with Crippen molar-refractivity contribution in [1.29, 1.82) is 0 Å². The first-order chi connectivity index (χ1) is 14.4. The fourth-order valence-corrected chi connectivity index (χ4v) is 3.52. The van der Waals surface area contributed by atoms with Crippen LogP contribution in [0, 0.1) is 29.0 Å². The second kappa shape index (κ2) is 8.46. The molecule has 2 atom stereocenters. The minimum absolute atomic E-state index is 0.00519. The number of halogens is 1. The molecule has 30 heavy (non-hydrogen) atoms. The van der Waals surface area contributed by atoms with Crippen LogP contribution in [0.3, 0.4) is 0 Å². The maximum absolute atomic E-state index is 14.1. The van der Waals surface area contributed by atoms with Gasteiger partial charge in [0.25, 0.3) is 0 Å². The molecule has 0 aliphatic heterocycles. The van der Waals surface area contributed by atoms with Gasteiger partial charge in [-0.05, 0) is 54.0 Å². The monoisotopic (exact) mass is 411 g/mol. The van der Waals surface area contributed by atoms with Gasteiger partial charge in [-0.25, -0.2) is 4.39 Å². The van der Waals surface area contributed by atoms with Crippen molar-refractivity contribution in [2.45, 2.75) is 33.3 Å². The lowest BCUT2D eigenvalue weighted by molar-refractivity contribution is -0.147. The Morgan fingerprint density at radius 3 is 2.70 bits per heavy atom. The molecule has 2 aliphatic rings. The molecule has 0 N–H and O–H groups in total. The number of carbonyl (C=O) groups is 1. The number of rotatable bonds is 9. The molecule has 0 saturated heterocycles. The van der Waals surface area contributed by atoms with Gasteiger partial charge in [-0.2, -0.15) is 0 Å². The second-order valence-electron chi connectivity index (χ2n) is 8.61. The van der Waals surface area contributed by atoms with Gasteiger partial charge in [-0.15, -0.1) is 0 Å². The number of hydrogen-bond acceptors (Lipinski definition) is 5. The molecular formula is C24H26FNO4. The summed E-state index contributed by atoms with van der Waals surface area (Å²) in [5.41, 5.74) is 0.445.